The van der Waals surface area contributed by atoms with Crippen LogP contribution in [0.3, 0.4) is 0 Å². The van der Waals surface area contributed by atoms with Gasteiger partial charge in [0.05, 0.1) is 0 Å². The molecule has 1 nitrogen and oxygen atoms in total. The second kappa shape index (κ2) is 2.23. The van der Waals surface area contributed by atoms with Crippen LogP contribution in [0.1, 0.15) is 0 Å². The fraction of sp³-hybridized carbons (Fsp3) is 1.00. The van der Waals surface area contributed by atoms with E-state index in [4.69, 9.17) is 2.81 Å². The molecule has 0 aliphatic rings. The molecule has 0 saturated heterocycles. The second-order valence-corrected chi connectivity index (χ2v) is 13.7. The fourth-order valence-electron chi connectivity index (χ4n) is 0. The molecule has 0 rings (SSSR count). The Morgan fingerprint density at radius 2 is 1.33 bits per heavy atom. The van der Waals surface area contributed by atoms with Crippen molar-refractivity contribution in [1.82, 2.24) is 0 Å². The Morgan fingerprint density at radius 3 is 1.33 bits per heavy atom. The molecule has 6 heavy (non-hydrogen) atoms. The summed E-state index contributed by atoms with van der Waals surface area (Å²) >= 11 is -1.73. The molecule has 0 radical (unpaired) electrons. The number of hydrogen-bond donors (Lipinski definition) is 0. The van der Waals surface area contributed by atoms with E-state index < -0.39 is 20.7 Å². The maximum absolute atomic E-state index is 5.15. The van der Waals surface area contributed by atoms with Gasteiger partial charge in [0.2, 0.25) is 0 Å². The van der Waals surface area contributed by atoms with Crippen LogP contribution in [0, 0.1) is 0 Å². The second-order valence-electron chi connectivity index (χ2n) is 2.32. The van der Waals surface area contributed by atoms with Crippen molar-refractivity contribution in [2.75, 3.05) is 7.11 Å². The van der Waals surface area contributed by atoms with Gasteiger partial charge < -0.3 is 0 Å². The number of hydrogen-bond acceptors (Lipinski definition) is 1. The molecular weight excluding hydrogens is 155 g/mol. The van der Waals surface area contributed by atoms with Gasteiger partial charge in [0, 0.05) is 0 Å². The minimum absolute atomic E-state index is 1.73. The van der Waals surface area contributed by atoms with Crippen molar-refractivity contribution in [3.05, 3.63) is 0 Å². The zero-order valence-corrected chi connectivity index (χ0v) is 7.37. The summed E-state index contributed by atoms with van der Waals surface area (Å²) < 4.78 is 11.8. The minimum atomic E-state index is -1.73. The Balaban J connectivity index is 3.17. The first kappa shape index (κ1) is 6.84. The quantitative estimate of drug-likeness (QED) is 0.579. The van der Waals surface area contributed by atoms with E-state index in [1.807, 2.05) is 0 Å². The van der Waals surface area contributed by atoms with Gasteiger partial charge in [0.1, 0.15) is 0 Å². The topological polar surface area (TPSA) is 9.23 Å². The Bertz CT molecular complexity index is 37.3. The van der Waals surface area contributed by atoms with E-state index in [9.17, 15) is 0 Å². The average Bonchev–Trinajstić information content (AvgIpc) is 1.35. The summed E-state index contributed by atoms with van der Waals surface area (Å²) in [6, 6.07) is 0. The van der Waals surface area contributed by atoms with Gasteiger partial charge in [-0.25, -0.2) is 0 Å². The predicted molar refractivity (Wildman–Crippen MR) is 24.6 cm³/mol. The summed E-state index contributed by atoms with van der Waals surface area (Å²) in [5.74, 6) is 0. The molecule has 0 N–H and O–H groups in total. The zero-order chi connectivity index (χ0) is 5.21. The first-order chi connectivity index (χ1) is 2.56. The molecule has 0 unspecified atom stereocenters. The van der Waals surface area contributed by atoms with E-state index in [0.717, 1.165) is 0 Å². The molecule has 0 aromatic rings. The average molecular weight is 167 g/mol. The van der Waals surface area contributed by atoms with Crippen LogP contribution in [0.25, 0.3) is 0 Å². The van der Waals surface area contributed by atoms with Gasteiger partial charge in [-0.1, -0.05) is 0 Å². The van der Waals surface area contributed by atoms with E-state index in [0.29, 0.717) is 0 Å². The normalized spacial score (nSPS) is 12.0. The summed E-state index contributed by atoms with van der Waals surface area (Å²) in [6.07, 6.45) is 0. The van der Waals surface area contributed by atoms with Gasteiger partial charge in [-0.3, -0.25) is 0 Å². The molecule has 0 heterocycles. The third kappa shape index (κ3) is 4.84. The van der Waals surface area contributed by atoms with Crippen LogP contribution in [0.4, 0.5) is 0 Å². The van der Waals surface area contributed by atoms with Crippen molar-refractivity contribution in [3.63, 3.8) is 0 Å². The van der Waals surface area contributed by atoms with Crippen LogP contribution in [0.2, 0.25) is 13.9 Å². The fourth-order valence-corrected chi connectivity index (χ4v) is 0. The van der Waals surface area contributed by atoms with Gasteiger partial charge in [-0.15, -0.1) is 0 Å². The van der Waals surface area contributed by atoms with Crippen LogP contribution < -0.4 is 0 Å². The maximum atomic E-state index is 5.15. The Labute approximate surface area is 44.7 Å². The van der Waals surface area contributed by atoms with Gasteiger partial charge in [-0.2, -0.15) is 0 Å². The molecule has 0 atom stereocenters. The van der Waals surface area contributed by atoms with E-state index in [-0.39, 0.29) is 0 Å². The Morgan fingerprint density at radius 1 is 1.17 bits per heavy atom. The van der Waals surface area contributed by atoms with E-state index in [2.05, 4.69) is 13.9 Å². The van der Waals surface area contributed by atoms with Crippen LogP contribution in [0.5, 0.6) is 0 Å². The molecule has 2 heteroatoms. The molecule has 0 spiro atoms. The van der Waals surface area contributed by atoms with Crippen molar-refractivity contribution in [2.24, 2.45) is 0 Å². The standard InChI is InChI=1S/CH3O.3CH3.Zr/c1-2;;;;/h1H3;3*1H3;/q-1;;;;+1. The van der Waals surface area contributed by atoms with Crippen LogP contribution in [-0.4, -0.2) is 7.11 Å². The molecule has 0 aliphatic heterocycles. The van der Waals surface area contributed by atoms with Crippen molar-refractivity contribution in [3.8, 4) is 0 Å². The molecule has 38 valence electrons. The van der Waals surface area contributed by atoms with Crippen LogP contribution >= 0.6 is 0 Å². The third-order valence-electron chi connectivity index (χ3n) is 0.612. The van der Waals surface area contributed by atoms with Gasteiger partial charge >= 0.3 is 44.5 Å². The predicted octanol–water partition coefficient (Wildman–Crippen LogP) is 1.85. The molecule has 0 fully saturated rings. The SMILES string of the molecule is C[O][Zr]([CH3])([CH3])[CH3]. The summed E-state index contributed by atoms with van der Waals surface area (Å²) in [6.45, 7) is 0. The summed E-state index contributed by atoms with van der Waals surface area (Å²) in [5, 5.41) is 0. The molecule has 0 aromatic carbocycles. The van der Waals surface area contributed by atoms with Crippen molar-refractivity contribution in [1.29, 1.82) is 0 Å². The van der Waals surface area contributed by atoms with E-state index in [1.54, 1.807) is 7.11 Å². The number of rotatable bonds is 1. The zero-order valence-electron chi connectivity index (χ0n) is 4.91. The summed E-state index contributed by atoms with van der Waals surface area (Å²) in [7, 11) is 1.80. The first-order valence-electron chi connectivity index (χ1n) is 2.11. The first-order valence-corrected chi connectivity index (χ1v) is 10.5. The van der Waals surface area contributed by atoms with E-state index in [1.165, 1.54) is 0 Å². The Kier molecular flexibility index (Phi) is 2.54. The molecular formula is C4H12OZr. The van der Waals surface area contributed by atoms with Crippen LogP contribution in [-0.2, 0) is 23.5 Å². The molecule has 0 saturated carbocycles. The van der Waals surface area contributed by atoms with Gasteiger partial charge in [-0.05, 0) is 0 Å². The van der Waals surface area contributed by atoms with Crippen molar-refractivity contribution < 1.29 is 23.5 Å². The third-order valence-corrected chi connectivity index (χ3v) is 3.62. The van der Waals surface area contributed by atoms with Crippen molar-refractivity contribution in [2.45, 2.75) is 13.9 Å². The molecule has 0 aliphatic carbocycles. The molecule has 0 aromatic heterocycles. The Hall–Kier alpha value is 0.843. The van der Waals surface area contributed by atoms with Gasteiger partial charge in [0.15, 0.2) is 0 Å². The summed E-state index contributed by atoms with van der Waals surface area (Å²) in [4.78, 5) is 0. The van der Waals surface area contributed by atoms with Crippen molar-refractivity contribution >= 4 is 0 Å². The monoisotopic (exact) mass is 166 g/mol. The van der Waals surface area contributed by atoms with Crippen LogP contribution in [0.15, 0.2) is 0 Å². The molecule has 0 amide bonds. The van der Waals surface area contributed by atoms with E-state index >= 15 is 0 Å². The molecule has 0 bridgehead atoms. The summed E-state index contributed by atoms with van der Waals surface area (Å²) in [5.41, 5.74) is 0. The van der Waals surface area contributed by atoms with Gasteiger partial charge in [0.25, 0.3) is 0 Å².